The average Bonchev–Trinajstić information content (AvgIpc) is 3.08. The van der Waals surface area contributed by atoms with Crippen LogP contribution in [0.1, 0.15) is 10.4 Å². The Kier molecular flexibility index (Phi) is 5.36. The summed E-state index contributed by atoms with van der Waals surface area (Å²) in [7, 11) is 2.71. The Bertz CT molecular complexity index is 1030. The van der Waals surface area contributed by atoms with Gasteiger partial charge in [0.15, 0.2) is 16.6 Å². The molecule has 0 unspecified atom stereocenters. The van der Waals surface area contributed by atoms with Gasteiger partial charge in [-0.1, -0.05) is 34.5 Å². The molecule has 0 atom stereocenters. The van der Waals surface area contributed by atoms with Crippen molar-refractivity contribution in [3.8, 4) is 11.5 Å². The lowest BCUT2D eigenvalue weighted by molar-refractivity contribution is -0.385. The van der Waals surface area contributed by atoms with Crippen LogP contribution < -0.4 is 14.8 Å². The molecule has 0 fully saturated rings. The van der Waals surface area contributed by atoms with Crippen LogP contribution in [0.4, 0.5) is 10.8 Å². The normalized spacial score (nSPS) is 10.7. The van der Waals surface area contributed by atoms with E-state index in [2.05, 4.69) is 10.3 Å². The maximum Gasteiger partial charge on any atom is 0.286 e. The Balaban J connectivity index is 2.02. The molecule has 1 heterocycles. The first-order valence-corrected chi connectivity index (χ1v) is 8.89. The number of anilines is 1. The summed E-state index contributed by atoms with van der Waals surface area (Å²) in [5.74, 6) is -0.406. The van der Waals surface area contributed by atoms with E-state index >= 15 is 0 Å². The van der Waals surface area contributed by atoms with Gasteiger partial charge in [-0.05, 0) is 12.1 Å². The predicted molar refractivity (Wildman–Crippen MR) is 104 cm³/mol. The fraction of sp³-hybridized carbons (Fsp3) is 0.125. The number of carbonyl (C=O) groups is 1. The van der Waals surface area contributed by atoms with Crippen LogP contribution in [0.3, 0.4) is 0 Å². The standard InChI is InChI=1S/C16H11Cl2N3O5S/c1-25-11-5-7(10(21(23)24)6-12(11)26-2)15(22)20-16-19-13-8(17)3-4-9(18)14(13)27-16/h3-6H,1-2H3,(H,19,20,22). The fourth-order valence-electron chi connectivity index (χ4n) is 2.36. The number of hydrogen-bond donors (Lipinski definition) is 1. The maximum atomic E-state index is 12.6. The van der Waals surface area contributed by atoms with Gasteiger partial charge in [0.05, 0.1) is 40.0 Å². The Morgan fingerprint density at radius 1 is 1.19 bits per heavy atom. The summed E-state index contributed by atoms with van der Waals surface area (Å²) in [6.07, 6.45) is 0. The summed E-state index contributed by atoms with van der Waals surface area (Å²) in [6, 6.07) is 5.57. The van der Waals surface area contributed by atoms with Crippen LogP contribution in [0.25, 0.3) is 10.2 Å². The number of ether oxygens (including phenoxy) is 2. The van der Waals surface area contributed by atoms with Gasteiger partial charge in [-0.15, -0.1) is 0 Å². The molecule has 0 spiro atoms. The number of amides is 1. The first-order valence-electron chi connectivity index (χ1n) is 7.32. The highest BCUT2D eigenvalue weighted by atomic mass is 35.5. The van der Waals surface area contributed by atoms with E-state index in [9.17, 15) is 14.9 Å². The van der Waals surface area contributed by atoms with Crippen LogP contribution in [-0.2, 0) is 0 Å². The topological polar surface area (TPSA) is 104 Å². The minimum Gasteiger partial charge on any atom is -0.493 e. The number of thiazole rings is 1. The third-order valence-electron chi connectivity index (χ3n) is 3.61. The van der Waals surface area contributed by atoms with Crippen molar-refractivity contribution in [3.63, 3.8) is 0 Å². The first kappa shape index (κ1) is 19.2. The molecule has 0 bridgehead atoms. The van der Waals surface area contributed by atoms with Gasteiger partial charge in [0.1, 0.15) is 11.1 Å². The van der Waals surface area contributed by atoms with Crippen molar-refractivity contribution < 1.29 is 19.2 Å². The van der Waals surface area contributed by atoms with E-state index in [1.54, 1.807) is 12.1 Å². The monoisotopic (exact) mass is 427 g/mol. The van der Waals surface area contributed by atoms with Crippen LogP contribution in [0.5, 0.6) is 11.5 Å². The van der Waals surface area contributed by atoms with E-state index in [1.807, 2.05) is 0 Å². The highest BCUT2D eigenvalue weighted by Crippen LogP contribution is 2.38. The Morgan fingerprint density at radius 3 is 2.41 bits per heavy atom. The van der Waals surface area contributed by atoms with Gasteiger partial charge in [-0.25, -0.2) is 4.98 Å². The Labute approximate surface area is 166 Å². The van der Waals surface area contributed by atoms with Crippen molar-refractivity contribution in [2.24, 2.45) is 0 Å². The summed E-state index contributed by atoms with van der Waals surface area (Å²) in [5, 5.41) is 14.9. The van der Waals surface area contributed by atoms with Crippen molar-refractivity contribution in [1.29, 1.82) is 0 Å². The molecular formula is C16H11Cl2N3O5S. The maximum absolute atomic E-state index is 12.6. The van der Waals surface area contributed by atoms with Gasteiger partial charge in [-0.3, -0.25) is 20.2 Å². The zero-order chi connectivity index (χ0) is 19.7. The first-order chi connectivity index (χ1) is 12.8. The molecule has 11 heteroatoms. The van der Waals surface area contributed by atoms with Crippen LogP contribution in [0, 0.1) is 10.1 Å². The number of benzene rings is 2. The SMILES string of the molecule is COc1cc(C(=O)Nc2nc3c(Cl)ccc(Cl)c3s2)c([N+](=O)[O-])cc1OC. The Hall–Kier alpha value is -2.62. The largest absolute Gasteiger partial charge is 0.493 e. The third kappa shape index (κ3) is 3.61. The molecule has 1 N–H and O–H groups in total. The second kappa shape index (κ2) is 7.55. The van der Waals surface area contributed by atoms with E-state index in [4.69, 9.17) is 32.7 Å². The van der Waals surface area contributed by atoms with E-state index in [0.29, 0.717) is 20.3 Å². The lowest BCUT2D eigenvalue weighted by Gasteiger charge is -2.10. The van der Waals surface area contributed by atoms with E-state index in [1.165, 1.54) is 20.3 Å². The second-order valence-corrected chi connectivity index (χ2v) is 6.98. The molecule has 3 aromatic rings. The van der Waals surface area contributed by atoms with Crippen LogP contribution in [-0.4, -0.2) is 30.0 Å². The number of nitrogens with one attached hydrogen (secondary N) is 1. The fourth-order valence-corrected chi connectivity index (χ4v) is 3.78. The number of rotatable bonds is 5. The van der Waals surface area contributed by atoms with Crippen molar-refractivity contribution in [3.05, 3.63) is 50.0 Å². The molecule has 0 radical (unpaired) electrons. The summed E-state index contributed by atoms with van der Waals surface area (Å²) >= 11 is 13.3. The molecular weight excluding hydrogens is 417 g/mol. The number of nitrogens with zero attached hydrogens (tertiary/aromatic N) is 2. The summed E-state index contributed by atoms with van der Waals surface area (Å²) in [6.45, 7) is 0. The lowest BCUT2D eigenvalue weighted by atomic mass is 10.1. The quantitative estimate of drug-likeness (QED) is 0.463. The zero-order valence-electron chi connectivity index (χ0n) is 13.9. The molecule has 1 amide bonds. The Morgan fingerprint density at radius 2 is 1.81 bits per heavy atom. The molecule has 0 aliphatic heterocycles. The van der Waals surface area contributed by atoms with E-state index in [0.717, 1.165) is 17.4 Å². The summed E-state index contributed by atoms with van der Waals surface area (Å²) < 4.78 is 10.8. The lowest BCUT2D eigenvalue weighted by Crippen LogP contribution is -2.14. The number of halogens is 2. The number of aromatic nitrogens is 1. The highest BCUT2D eigenvalue weighted by Gasteiger charge is 2.25. The third-order valence-corrected chi connectivity index (χ3v) is 5.35. The number of methoxy groups -OCH3 is 2. The molecule has 0 saturated heterocycles. The molecule has 27 heavy (non-hydrogen) atoms. The molecule has 2 aromatic carbocycles. The van der Waals surface area contributed by atoms with Crippen LogP contribution in [0.15, 0.2) is 24.3 Å². The molecule has 140 valence electrons. The molecule has 0 saturated carbocycles. The van der Waals surface area contributed by atoms with Gasteiger partial charge in [0, 0.05) is 6.07 Å². The van der Waals surface area contributed by atoms with Crippen LogP contribution >= 0.6 is 34.5 Å². The summed E-state index contributed by atoms with van der Waals surface area (Å²) in [5.41, 5.74) is -0.192. The van der Waals surface area contributed by atoms with Gasteiger partial charge in [0.2, 0.25) is 0 Å². The van der Waals surface area contributed by atoms with Gasteiger partial charge < -0.3 is 9.47 Å². The number of nitro benzene ring substituents is 1. The molecule has 3 rings (SSSR count). The molecule has 0 aliphatic carbocycles. The van der Waals surface area contributed by atoms with Crippen molar-refractivity contribution in [2.75, 3.05) is 19.5 Å². The zero-order valence-corrected chi connectivity index (χ0v) is 16.2. The van der Waals surface area contributed by atoms with Crippen molar-refractivity contribution >= 4 is 61.5 Å². The molecule has 8 nitrogen and oxygen atoms in total. The number of carbonyl (C=O) groups excluding carboxylic acids is 1. The van der Waals surface area contributed by atoms with Gasteiger partial charge >= 0.3 is 0 Å². The summed E-state index contributed by atoms with van der Waals surface area (Å²) in [4.78, 5) is 27.6. The smallest absolute Gasteiger partial charge is 0.286 e. The molecule has 1 aromatic heterocycles. The van der Waals surface area contributed by atoms with Gasteiger partial charge in [-0.2, -0.15) is 0 Å². The number of hydrogen-bond acceptors (Lipinski definition) is 7. The minimum absolute atomic E-state index is 0.138. The van der Waals surface area contributed by atoms with Crippen LogP contribution in [0.2, 0.25) is 10.0 Å². The number of fused-ring (bicyclic) bond motifs is 1. The van der Waals surface area contributed by atoms with Gasteiger partial charge in [0.25, 0.3) is 11.6 Å². The van der Waals surface area contributed by atoms with E-state index < -0.39 is 16.5 Å². The second-order valence-electron chi connectivity index (χ2n) is 5.16. The molecule has 0 aliphatic rings. The number of nitro groups is 1. The highest BCUT2D eigenvalue weighted by molar-refractivity contribution is 7.23. The van der Waals surface area contributed by atoms with E-state index in [-0.39, 0.29) is 22.2 Å². The van der Waals surface area contributed by atoms with Crippen molar-refractivity contribution in [2.45, 2.75) is 0 Å². The average molecular weight is 428 g/mol. The predicted octanol–water partition coefficient (Wildman–Crippen LogP) is 4.78. The minimum atomic E-state index is -0.728. The van der Waals surface area contributed by atoms with Crippen molar-refractivity contribution in [1.82, 2.24) is 4.98 Å².